The van der Waals surface area contributed by atoms with Crippen LogP contribution >= 0.6 is 0 Å². The molecule has 0 spiro atoms. The molecule has 146 valence electrons. The van der Waals surface area contributed by atoms with E-state index in [1.807, 2.05) is 18.2 Å². The first-order chi connectivity index (χ1) is 13.7. The Morgan fingerprint density at radius 3 is 2.79 bits per heavy atom. The van der Waals surface area contributed by atoms with Crippen molar-refractivity contribution in [1.82, 2.24) is 9.88 Å². The third-order valence-electron chi connectivity index (χ3n) is 5.30. The molecule has 5 nitrogen and oxygen atoms in total. The molecule has 1 amide bonds. The van der Waals surface area contributed by atoms with Crippen LogP contribution in [-0.2, 0) is 11.3 Å². The van der Waals surface area contributed by atoms with Crippen LogP contribution in [0.2, 0.25) is 0 Å². The lowest BCUT2D eigenvalue weighted by atomic mass is 9.87. The molecule has 1 aliphatic rings. The van der Waals surface area contributed by atoms with E-state index in [0.717, 1.165) is 30.0 Å². The highest BCUT2D eigenvalue weighted by Gasteiger charge is 2.24. The lowest BCUT2D eigenvalue weighted by Crippen LogP contribution is -2.26. The zero-order valence-electron chi connectivity index (χ0n) is 16.4. The summed E-state index contributed by atoms with van der Waals surface area (Å²) in [5.74, 6) is 1.52. The van der Waals surface area contributed by atoms with Crippen LogP contribution in [0.5, 0.6) is 11.5 Å². The molecule has 5 heteroatoms. The van der Waals surface area contributed by atoms with Crippen molar-refractivity contribution >= 4 is 16.8 Å². The van der Waals surface area contributed by atoms with E-state index in [2.05, 4.69) is 54.2 Å². The largest absolute Gasteiger partial charge is 0.454 e. The van der Waals surface area contributed by atoms with Gasteiger partial charge in [0, 0.05) is 42.5 Å². The highest BCUT2D eigenvalue weighted by Crippen LogP contribution is 2.40. The van der Waals surface area contributed by atoms with Crippen molar-refractivity contribution in [2.45, 2.75) is 39.2 Å². The monoisotopic (exact) mass is 378 g/mol. The molecule has 0 fully saturated rings. The minimum atomic E-state index is -0.0518. The highest BCUT2D eigenvalue weighted by atomic mass is 16.7. The number of fused-ring (bicyclic) bond motifs is 2. The lowest BCUT2D eigenvalue weighted by Gasteiger charge is -2.18. The summed E-state index contributed by atoms with van der Waals surface area (Å²) < 4.78 is 13.3. The fourth-order valence-electron chi connectivity index (χ4n) is 3.87. The summed E-state index contributed by atoms with van der Waals surface area (Å²) in [4.78, 5) is 12.6. The van der Waals surface area contributed by atoms with Crippen LogP contribution in [0.4, 0.5) is 0 Å². The van der Waals surface area contributed by atoms with Crippen molar-refractivity contribution in [2.24, 2.45) is 0 Å². The Hall–Kier alpha value is -2.95. The van der Waals surface area contributed by atoms with Gasteiger partial charge in [-0.3, -0.25) is 4.79 Å². The maximum atomic E-state index is 12.6. The number of para-hydroxylation sites is 1. The smallest absolute Gasteiger partial charge is 0.231 e. The summed E-state index contributed by atoms with van der Waals surface area (Å²) in [6, 6.07) is 14.4. The average Bonchev–Trinajstić information content (AvgIpc) is 3.34. The average molecular weight is 378 g/mol. The molecule has 28 heavy (non-hydrogen) atoms. The number of carbonyl (C=O) groups is 1. The number of amides is 1. The fourth-order valence-corrected chi connectivity index (χ4v) is 3.87. The zero-order chi connectivity index (χ0) is 19.5. The number of nitrogens with one attached hydrogen (secondary N) is 1. The Morgan fingerprint density at radius 1 is 1.14 bits per heavy atom. The number of carbonyl (C=O) groups excluding carboxylic acids is 1. The topological polar surface area (TPSA) is 52.5 Å². The molecule has 1 atom stereocenters. The maximum absolute atomic E-state index is 12.6. The molecule has 2 aromatic carbocycles. The van der Waals surface area contributed by atoms with Crippen molar-refractivity contribution in [3.8, 4) is 11.5 Å². The summed E-state index contributed by atoms with van der Waals surface area (Å²) >= 11 is 0. The van der Waals surface area contributed by atoms with Crippen LogP contribution in [-0.4, -0.2) is 23.8 Å². The van der Waals surface area contributed by atoms with Gasteiger partial charge in [0.15, 0.2) is 11.5 Å². The molecule has 4 rings (SSSR count). The number of hydrogen-bond acceptors (Lipinski definition) is 3. The second-order valence-electron chi connectivity index (χ2n) is 7.11. The van der Waals surface area contributed by atoms with Crippen molar-refractivity contribution in [3.63, 3.8) is 0 Å². The summed E-state index contributed by atoms with van der Waals surface area (Å²) in [6.45, 7) is 6.03. The highest BCUT2D eigenvalue weighted by molar-refractivity contribution is 5.86. The number of nitrogens with zero attached hydrogens (tertiary/aromatic N) is 1. The Kier molecular flexibility index (Phi) is 5.24. The summed E-state index contributed by atoms with van der Waals surface area (Å²) in [5, 5.41) is 4.21. The van der Waals surface area contributed by atoms with Crippen LogP contribution < -0.4 is 14.8 Å². The number of benzene rings is 2. The van der Waals surface area contributed by atoms with Crippen LogP contribution in [0, 0.1) is 0 Å². The van der Waals surface area contributed by atoms with Gasteiger partial charge in [-0.15, -0.1) is 0 Å². The summed E-state index contributed by atoms with van der Waals surface area (Å²) in [6.07, 6.45) is 3.51. The van der Waals surface area contributed by atoms with E-state index < -0.39 is 0 Å². The van der Waals surface area contributed by atoms with Gasteiger partial charge in [-0.25, -0.2) is 0 Å². The van der Waals surface area contributed by atoms with Gasteiger partial charge >= 0.3 is 0 Å². The van der Waals surface area contributed by atoms with Gasteiger partial charge < -0.3 is 19.4 Å². The van der Waals surface area contributed by atoms with Gasteiger partial charge in [0.25, 0.3) is 0 Å². The summed E-state index contributed by atoms with van der Waals surface area (Å²) in [5.41, 5.74) is 3.43. The summed E-state index contributed by atoms with van der Waals surface area (Å²) in [7, 11) is 0. The molecule has 2 heterocycles. The van der Waals surface area contributed by atoms with Crippen molar-refractivity contribution in [1.29, 1.82) is 0 Å². The molecule has 0 aliphatic carbocycles. The predicted octanol–water partition coefficient (Wildman–Crippen LogP) is 4.44. The number of hydrogen-bond donors (Lipinski definition) is 1. The van der Waals surface area contributed by atoms with Gasteiger partial charge in [-0.05, 0) is 42.7 Å². The maximum Gasteiger partial charge on any atom is 0.231 e. The molecule has 1 N–H and O–H groups in total. The van der Waals surface area contributed by atoms with E-state index in [1.165, 1.54) is 16.5 Å². The zero-order valence-corrected chi connectivity index (χ0v) is 16.4. The molecule has 1 unspecified atom stereocenters. The van der Waals surface area contributed by atoms with Gasteiger partial charge in [0.05, 0.1) is 0 Å². The van der Waals surface area contributed by atoms with E-state index in [0.29, 0.717) is 13.0 Å². The van der Waals surface area contributed by atoms with Crippen molar-refractivity contribution in [2.75, 3.05) is 13.3 Å². The van der Waals surface area contributed by atoms with Gasteiger partial charge in [0.2, 0.25) is 12.7 Å². The van der Waals surface area contributed by atoms with Gasteiger partial charge in [-0.2, -0.15) is 0 Å². The predicted molar refractivity (Wildman–Crippen MR) is 110 cm³/mol. The Balaban J connectivity index is 1.78. The minimum Gasteiger partial charge on any atom is -0.454 e. The van der Waals surface area contributed by atoms with Crippen LogP contribution in [0.1, 0.15) is 43.7 Å². The molecular formula is C23H26N2O3. The van der Waals surface area contributed by atoms with Crippen LogP contribution in [0.3, 0.4) is 0 Å². The molecule has 0 radical (unpaired) electrons. The Labute approximate surface area is 165 Å². The molecule has 0 bridgehead atoms. The molecular weight excluding hydrogens is 352 g/mol. The Morgan fingerprint density at radius 2 is 1.96 bits per heavy atom. The van der Waals surface area contributed by atoms with E-state index in [-0.39, 0.29) is 18.6 Å². The van der Waals surface area contributed by atoms with Gasteiger partial charge in [0.1, 0.15) is 0 Å². The lowest BCUT2D eigenvalue weighted by molar-refractivity contribution is -0.121. The molecule has 3 aromatic rings. The second-order valence-corrected chi connectivity index (χ2v) is 7.11. The van der Waals surface area contributed by atoms with Gasteiger partial charge in [-0.1, -0.05) is 31.2 Å². The van der Waals surface area contributed by atoms with E-state index in [1.54, 1.807) is 0 Å². The minimum absolute atomic E-state index is 0.0518. The molecule has 1 aromatic heterocycles. The second kappa shape index (κ2) is 7.97. The van der Waals surface area contributed by atoms with E-state index in [4.69, 9.17) is 9.47 Å². The van der Waals surface area contributed by atoms with Crippen molar-refractivity contribution in [3.05, 3.63) is 59.8 Å². The fraction of sp³-hybridized carbons (Fsp3) is 0.348. The third-order valence-corrected chi connectivity index (χ3v) is 5.30. The molecule has 0 saturated carbocycles. The quantitative estimate of drug-likeness (QED) is 0.661. The first-order valence-corrected chi connectivity index (χ1v) is 9.95. The first-order valence-electron chi connectivity index (χ1n) is 9.95. The molecule has 0 saturated heterocycles. The van der Waals surface area contributed by atoms with E-state index >= 15 is 0 Å². The normalized spacial score (nSPS) is 13.6. The van der Waals surface area contributed by atoms with Crippen LogP contribution in [0.15, 0.2) is 48.7 Å². The molecule has 1 aliphatic heterocycles. The number of aryl methyl sites for hydroxylation is 1. The number of aromatic nitrogens is 1. The number of ether oxygens (including phenoxy) is 2. The number of rotatable bonds is 7. The SMILES string of the molecule is CCCNC(=O)CC(c1ccc2c(c1)OCO2)c1cn(CC)c2ccccc12. The first kappa shape index (κ1) is 18.4. The van der Waals surface area contributed by atoms with Crippen molar-refractivity contribution < 1.29 is 14.3 Å². The third kappa shape index (κ3) is 3.44. The standard InChI is InChI=1S/C23H26N2O3/c1-3-11-24-23(26)13-18(16-9-10-21-22(12-16)28-15-27-21)19-14-25(4-2)20-8-6-5-7-17(19)20/h5-10,12,14,18H,3-4,11,13,15H2,1-2H3,(H,24,26). The Bertz CT molecular complexity index is 993. The van der Waals surface area contributed by atoms with E-state index in [9.17, 15) is 4.79 Å². The van der Waals surface area contributed by atoms with Crippen LogP contribution in [0.25, 0.3) is 10.9 Å².